The fraction of sp³-hybridized carbons (Fsp3) is 0.350. The van der Waals surface area contributed by atoms with E-state index in [1.807, 2.05) is 20.1 Å². The zero-order valence-corrected chi connectivity index (χ0v) is 17.8. The topological polar surface area (TPSA) is 66.5 Å². The first-order chi connectivity index (χ1) is 13.2. The minimum absolute atomic E-state index is 0.0459. The second-order valence-electron chi connectivity index (χ2n) is 6.70. The largest absolute Gasteiger partial charge is 0.355 e. The van der Waals surface area contributed by atoms with Gasteiger partial charge in [0.25, 0.3) is 10.0 Å². The number of nitrogens with zero attached hydrogens (tertiary/aromatic N) is 1. The minimum Gasteiger partial charge on any atom is -0.355 e. The van der Waals surface area contributed by atoms with Gasteiger partial charge in [0.2, 0.25) is 5.91 Å². The zero-order chi connectivity index (χ0) is 20.7. The average Bonchev–Trinajstić information content (AvgIpc) is 2.65. The van der Waals surface area contributed by atoms with Crippen molar-refractivity contribution in [3.63, 3.8) is 0 Å². The number of benzene rings is 2. The van der Waals surface area contributed by atoms with Gasteiger partial charge in [-0.15, -0.1) is 11.8 Å². The molecule has 0 heterocycles. The molecule has 0 aliphatic rings. The lowest BCUT2D eigenvalue weighted by atomic mass is 10.1. The molecule has 28 heavy (non-hydrogen) atoms. The van der Waals surface area contributed by atoms with E-state index >= 15 is 0 Å². The Morgan fingerprint density at radius 1 is 1.18 bits per heavy atom. The summed E-state index contributed by atoms with van der Waals surface area (Å²) in [7, 11) is -4.04. The molecule has 2 aromatic rings. The third-order valence-electron chi connectivity index (χ3n) is 4.07. The van der Waals surface area contributed by atoms with Crippen LogP contribution in [0.1, 0.15) is 20.3 Å². The van der Waals surface area contributed by atoms with E-state index in [0.717, 1.165) is 21.7 Å². The number of hydrogen-bond donors (Lipinski definition) is 1. The number of anilines is 1. The molecule has 5 nitrogen and oxygen atoms in total. The molecule has 0 unspecified atom stereocenters. The Labute approximate surface area is 170 Å². The predicted molar refractivity (Wildman–Crippen MR) is 112 cm³/mol. The van der Waals surface area contributed by atoms with Crippen LogP contribution in [0.15, 0.2) is 58.3 Å². The van der Waals surface area contributed by atoms with Crippen molar-refractivity contribution in [3.8, 4) is 0 Å². The Hall–Kier alpha value is -2.06. The Balaban J connectivity index is 2.32. The van der Waals surface area contributed by atoms with Gasteiger partial charge in [0.1, 0.15) is 12.4 Å². The number of nitrogens with one attached hydrogen (secondary N) is 1. The van der Waals surface area contributed by atoms with Crippen molar-refractivity contribution in [1.82, 2.24) is 5.32 Å². The third-order valence-corrected chi connectivity index (χ3v) is 6.61. The van der Waals surface area contributed by atoms with Crippen LogP contribution >= 0.6 is 11.8 Å². The van der Waals surface area contributed by atoms with Crippen molar-refractivity contribution in [1.29, 1.82) is 0 Å². The van der Waals surface area contributed by atoms with Gasteiger partial charge in [-0.3, -0.25) is 9.10 Å². The molecule has 2 rings (SSSR count). The molecule has 0 aliphatic carbocycles. The second kappa shape index (κ2) is 9.93. The van der Waals surface area contributed by atoms with Gasteiger partial charge >= 0.3 is 0 Å². The van der Waals surface area contributed by atoms with Crippen LogP contribution in [-0.4, -0.2) is 33.7 Å². The molecular weight excluding hydrogens is 399 g/mol. The van der Waals surface area contributed by atoms with E-state index in [-0.39, 0.29) is 10.6 Å². The molecule has 152 valence electrons. The molecule has 0 fully saturated rings. The maximum Gasteiger partial charge on any atom is 0.264 e. The smallest absolute Gasteiger partial charge is 0.264 e. The molecule has 8 heteroatoms. The summed E-state index contributed by atoms with van der Waals surface area (Å²) in [5.74, 6) is -0.594. The van der Waals surface area contributed by atoms with E-state index in [0.29, 0.717) is 12.5 Å². The normalized spacial score (nSPS) is 11.5. The van der Waals surface area contributed by atoms with Gasteiger partial charge in [0.05, 0.1) is 10.6 Å². The summed E-state index contributed by atoms with van der Waals surface area (Å²) in [6.07, 6.45) is 2.68. The van der Waals surface area contributed by atoms with E-state index < -0.39 is 28.3 Å². The highest BCUT2D eigenvalue weighted by molar-refractivity contribution is 7.98. The van der Waals surface area contributed by atoms with Gasteiger partial charge in [-0.1, -0.05) is 19.9 Å². The molecule has 1 amide bonds. The number of thioether (sulfide) groups is 1. The van der Waals surface area contributed by atoms with Crippen LogP contribution in [0.2, 0.25) is 0 Å². The molecule has 0 spiro atoms. The van der Waals surface area contributed by atoms with Crippen LogP contribution in [0.5, 0.6) is 0 Å². The fourth-order valence-corrected chi connectivity index (χ4v) is 4.33. The molecule has 0 aromatic heterocycles. The Bertz CT molecular complexity index is 900. The molecule has 0 bridgehead atoms. The molecule has 0 atom stereocenters. The average molecular weight is 425 g/mol. The highest BCUT2D eigenvalue weighted by atomic mass is 32.2. The minimum atomic E-state index is -4.04. The highest BCUT2D eigenvalue weighted by Crippen LogP contribution is 2.25. The van der Waals surface area contributed by atoms with E-state index in [1.54, 1.807) is 12.1 Å². The van der Waals surface area contributed by atoms with Gasteiger partial charge in [0, 0.05) is 11.4 Å². The van der Waals surface area contributed by atoms with Crippen LogP contribution < -0.4 is 9.62 Å². The van der Waals surface area contributed by atoms with Crippen molar-refractivity contribution in [2.24, 2.45) is 5.92 Å². The van der Waals surface area contributed by atoms with Gasteiger partial charge in [-0.25, -0.2) is 12.8 Å². The molecule has 2 aromatic carbocycles. The number of carbonyl (C=O) groups is 1. The first-order valence-electron chi connectivity index (χ1n) is 8.93. The third kappa shape index (κ3) is 5.97. The van der Waals surface area contributed by atoms with Crippen LogP contribution in [0.3, 0.4) is 0 Å². The van der Waals surface area contributed by atoms with Crippen LogP contribution in [-0.2, 0) is 14.8 Å². The maximum absolute atomic E-state index is 13.7. The van der Waals surface area contributed by atoms with E-state index in [4.69, 9.17) is 0 Å². The number of carbonyl (C=O) groups excluding carboxylic acids is 1. The van der Waals surface area contributed by atoms with Crippen LogP contribution in [0.4, 0.5) is 10.1 Å². The summed E-state index contributed by atoms with van der Waals surface area (Å²) in [6.45, 7) is 4.10. The van der Waals surface area contributed by atoms with Crippen molar-refractivity contribution in [3.05, 3.63) is 54.3 Å². The van der Waals surface area contributed by atoms with Crippen molar-refractivity contribution in [2.75, 3.05) is 23.7 Å². The summed E-state index contributed by atoms with van der Waals surface area (Å²) in [5, 5.41) is 2.73. The van der Waals surface area contributed by atoms with E-state index in [1.165, 1.54) is 42.1 Å². The van der Waals surface area contributed by atoms with Crippen molar-refractivity contribution < 1.29 is 17.6 Å². The van der Waals surface area contributed by atoms with Crippen LogP contribution in [0.25, 0.3) is 0 Å². The van der Waals surface area contributed by atoms with E-state index in [2.05, 4.69) is 5.32 Å². The quantitative estimate of drug-likeness (QED) is 0.620. The lowest BCUT2D eigenvalue weighted by Crippen LogP contribution is -2.41. The fourth-order valence-electron chi connectivity index (χ4n) is 2.51. The number of amides is 1. The SMILES string of the molecule is CSc1ccc(S(=O)(=O)N(CC(=O)NCCC(C)C)c2cccc(F)c2)cc1. The maximum atomic E-state index is 13.7. The van der Waals surface area contributed by atoms with Crippen molar-refractivity contribution in [2.45, 2.75) is 30.1 Å². The van der Waals surface area contributed by atoms with Crippen LogP contribution in [0, 0.1) is 11.7 Å². The number of rotatable bonds is 9. The standard InChI is InChI=1S/C20H25FN2O3S2/c1-15(2)11-12-22-20(24)14-23(17-6-4-5-16(21)13-17)28(25,26)19-9-7-18(27-3)8-10-19/h4-10,13,15H,11-12,14H2,1-3H3,(H,22,24). The molecule has 0 aliphatic heterocycles. The number of hydrogen-bond acceptors (Lipinski definition) is 4. The summed E-state index contributed by atoms with van der Waals surface area (Å²) in [6, 6.07) is 11.6. The number of halogens is 1. The molecule has 1 N–H and O–H groups in total. The molecule has 0 radical (unpaired) electrons. The Morgan fingerprint density at radius 2 is 1.86 bits per heavy atom. The highest BCUT2D eigenvalue weighted by Gasteiger charge is 2.27. The molecule has 0 saturated carbocycles. The molecular formula is C20H25FN2O3S2. The van der Waals surface area contributed by atoms with E-state index in [9.17, 15) is 17.6 Å². The Kier molecular flexibility index (Phi) is 7.88. The molecule has 0 saturated heterocycles. The lowest BCUT2D eigenvalue weighted by molar-refractivity contribution is -0.119. The predicted octanol–water partition coefficient (Wildman–Crippen LogP) is 3.91. The zero-order valence-electron chi connectivity index (χ0n) is 16.2. The van der Waals surface area contributed by atoms with Gasteiger partial charge in [-0.2, -0.15) is 0 Å². The van der Waals surface area contributed by atoms with Gasteiger partial charge in [0.15, 0.2) is 0 Å². The van der Waals surface area contributed by atoms with Gasteiger partial charge in [-0.05, 0) is 61.1 Å². The number of sulfonamides is 1. The monoisotopic (exact) mass is 424 g/mol. The summed E-state index contributed by atoms with van der Waals surface area (Å²) >= 11 is 1.49. The summed E-state index contributed by atoms with van der Waals surface area (Å²) in [4.78, 5) is 13.3. The van der Waals surface area contributed by atoms with Gasteiger partial charge < -0.3 is 5.32 Å². The first-order valence-corrected chi connectivity index (χ1v) is 11.6. The lowest BCUT2D eigenvalue weighted by Gasteiger charge is -2.24. The Morgan fingerprint density at radius 3 is 2.43 bits per heavy atom. The second-order valence-corrected chi connectivity index (χ2v) is 9.44. The summed E-state index contributed by atoms with van der Waals surface area (Å²) < 4.78 is 41.0. The van der Waals surface area contributed by atoms with Crippen molar-refractivity contribution >= 4 is 33.4 Å². The first kappa shape index (κ1) is 22.2. The summed E-state index contributed by atoms with van der Waals surface area (Å²) in [5.41, 5.74) is 0.105.